The van der Waals surface area contributed by atoms with E-state index >= 15 is 0 Å². The third-order valence-electron chi connectivity index (χ3n) is 5.98. The highest BCUT2D eigenvalue weighted by Crippen LogP contribution is 2.22. The minimum absolute atomic E-state index is 0.0108. The first-order valence-electron chi connectivity index (χ1n) is 12.0. The van der Waals surface area contributed by atoms with Crippen LogP contribution in [0, 0.1) is 11.6 Å². The molecule has 10 nitrogen and oxygen atoms in total. The van der Waals surface area contributed by atoms with E-state index in [1.807, 2.05) is 6.92 Å². The largest absolute Gasteiger partial charge is 0.502 e. The number of carbonyl (C=O) groups is 2. The van der Waals surface area contributed by atoms with Crippen molar-refractivity contribution in [2.24, 2.45) is 0 Å². The van der Waals surface area contributed by atoms with E-state index in [1.54, 1.807) is 29.4 Å². The van der Waals surface area contributed by atoms with Gasteiger partial charge in [0.1, 0.15) is 23.9 Å². The number of aromatic nitrogens is 2. The van der Waals surface area contributed by atoms with E-state index in [2.05, 4.69) is 10.3 Å². The molecule has 0 saturated carbocycles. The number of ether oxygens (including phenoxy) is 1. The predicted octanol–water partition coefficient (Wildman–Crippen LogP) is 2.14. The zero-order chi connectivity index (χ0) is 27.2. The number of hydrogen-bond acceptors (Lipinski definition) is 7. The zero-order valence-electron chi connectivity index (χ0n) is 20.7. The van der Waals surface area contributed by atoms with E-state index in [-0.39, 0.29) is 31.0 Å². The summed E-state index contributed by atoms with van der Waals surface area (Å²) in [4.78, 5) is 44.9. The second-order valence-electron chi connectivity index (χ2n) is 8.58. The molecule has 0 spiro atoms. The Bertz CT molecular complexity index is 1380. The molecule has 0 bridgehead atoms. The van der Waals surface area contributed by atoms with Crippen molar-refractivity contribution in [3.8, 4) is 5.75 Å². The molecule has 1 aliphatic rings. The van der Waals surface area contributed by atoms with E-state index in [1.165, 1.54) is 21.8 Å². The second-order valence-corrected chi connectivity index (χ2v) is 8.58. The van der Waals surface area contributed by atoms with E-state index < -0.39 is 40.2 Å². The molecule has 2 aromatic heterocycles. The highest BCUT2D eigenvalue weighted by Gasteiger charge is 2.34. The maximum Gasteiger partial charge on any atom is 0.277 e. The van der Waals surface area contributed by atoms with Gasteiger partial charge in [-0.25, -0.2) is 8.78 Å². The molecule has 1 aromatic carbocycles. The second kappa shape index (κ2) is 11.8. The molecule has 1 aliphatic heterocycles. The van der Waals surface area contributed by atoms with Crippen molar-refractivity contribution in [1.82, 2.24) is 19.9 Å². The summed E-state index contributed by atoms with van der Waals surface area (Å²) in [6, 6.07) is 8.24. The third-order valence-corrected chi connectivity index (χ3v) is 5.98. The topological polar surface area (TPSA) is 117 Å². The number of rotatable bonds is 10. The molecule has 0 radical (unpaired) electrons. The van der Waals surface area contributed by atoms with Crippen molar-refractivity contribution in [1.29, 1.82) is 0 Å². The molecular weight excluding hydrogens is 500 g/mol. The van der Waals surface area contributed by atoms with Crippen LogP contribution in [0.1, 0.15) is 45.4 Å². The zero-order valence-corrected chi connectivity index (χ0v) is 20.7. The van der Waals surface area contributed by atoms with Gasteiger partial charge in [-0.05, 0) is 31.5 Å². The van der Waals surface area contributed by atoms with Crippen LogP contribution in [0.3, 0.4) is 0 Å². The Morgan fingerprint density at radius 2 is 2.03 bits per heavy atom. The van der Waals surface area contributed by atoms with Crippen LogP contribution in [-0.4, -0.2) is 57.9 Å². The van der Waals surface area contributed by atoms with Gasteiger partial charge in [0.2, 0.25) is 5.43 Å². The van der Waals surface area contributed by atoms with Crippen molar-refractivity contribution >= 4 is 11.8 Å². The number of pyridine rings is 2. The number of hydrogen-bond donors (Lipinski definition) is 2. The summed E-state index contributed by atoms with van der Waals surface area (Å²) < 4.78 is 33.8. The minimum atomic E-state index is -1.05. The molecular formula is C26H27F2N5O5. The molecule has 12 heteroatoms. The Balaban J connectivity index is 1.65. The van der Waals surface area contributed by atoms with E-state index in [4.69, 9.17) is 4.74 Å². The van der Waals surface area contributed by atoms with Gasteiger partial charge in [0.05, 0.1) is 12.2 Å². The van der Waals surface area contributed by atoms with Crippen LogP contribution in [0.2, 0.25) is 0 Å². The molecule has 0 fully saturated rings. The molecule has 3 aromatic rings. The van der Waals surface area contributed by atoms with Gasteiger partial charge in [-0.2, -0.15) is 0 Å². The summed E-state index contributed by atoms with van der Waals surface area (Å²) in [5.74, 6) is -3.97. The van der Waals surface area contributed by atoms with E-state index in [0.717, 1.165) is 6.07 Å². The van der Waals surface area contributed by atoms with Crippen LogP contribution in [-0.2, 0) is 17.8 Å². The highest BCUT2D eigenvalue weighted by atomic mass is 19.1. The SMILES string of the molecule is CCOCCCN1CN(Cc2ccccn2)n2cc(C(=O)NCc3ccc(F)cc3F)c(=O)c(O)c2C1=O. The average Bonchev–Trinajstić information content (AvgIpc) is 2.90. The molecule has 0 atom stereocenters. The number of carbonyl (C=O) groups excluding carboxylic acids is 2. The molecule has 0 saturated heterocycles. The number of benzene rings is 1. The Hall–Kier alpha value is -4.32. The average molecular weight is 528 g/mol. The first-order chi connectivity index (χ1) is 18.3. The summed E-state index contributed by atoms with van der Waals surface area (Å²) in [5.41, 5.74) is -1.11. The van der Waals surface area contributed by atoms with Crippen molar-refractivity contribution in [3.05, 3.63) is 93.2 Å². The van der Waals surface area contributed by atoms with Gasteiger partial charge in [0.15, 0.2) is 11.4 Å². The number of aromatic hydroxyl groups is 1. The molecule has 200 valence electrons. The number of halogens is 2. The fourth-order valence-corrected chi connectivity index (χ4v) is 4.07. The van der Waals surface area contributed by atoms with Crippen molar-refractivity contribution in [2.75, 3.05) is 31.4 Å². The first-order valence-corrected chi connectivity index (χ1v) is 12.0. The van der Waals surface area contributed by atoms with E-state index in [0.29, 0.717) is 37.9 Å². The smallest absolute Gasteiger partial charge is 0.277 e. The molecule has 4 rings (SSSR count). The summed E-state index contributed by atoms with van der Waals surface area (Å²) in [6.45, 7) is 3.13. The number of nitrogens with zero attached hydrogens (tertiary/aromatic N) is 4. The van der Waals surface area contributed by atoms with Crippen molar-refractivity contribution in [3.63, 3.8) is 0 Å². The van der Waals surface area contributed by atoms with Crippen molar-refractivity contribution < 1.29 is 28.2 Å². The van der Waals surface area contributed by atoms with Crippen LogP contribution < -0.4 is 15.8 Å². The van der Waals surface area contributed by atoms with Crippen molar-refractivity contribution in [2.45, 2.75) is 26.4 Å². The molecule has 2 N–H and O–H groups in total. The molecule has 3 heterocycles. The fourth-order valence-electron chi connectivity index (χ4n) is 4.07. The fraction of sp³-hybridized carbons (Fsp3) is 0.308. The van der Waals surface area contributed by atoms with E-state index in [9.17, 15) is 28.3 Å². The normalized spacial score (nSPS) is 13.0. The van der Waals surface area contributed by atoms with Gasteiger partial charge < -0.3 is 20.1 Å². The predicted molar refractivity (Wildman–Crippen MR) is 133 cm³/mol. The maximum atomic E-state index is 14.0. The van der Waals surface area contributed by atoms with Crippen LogP contribution >= 0.6 is 0 Å². The standard InChI is InChI=1S/C26H27F2N5O5/c1-2-38-11-5-10-31-16-32(14-19-6-3-4-9-29-19)33-15-20(23(34)24(35)22(33)26(31)37)25(36)30-13-17-7-8-18(27)12-21(17)28/h3-4,6-9,12,15,35H,2,5,10-11,13-14,16H2,1H3,(H,30,36). The number of amides is 2. The van der Waals surface area contributed by atoms with Gasteiger partial charge in [0, 0.05) is 50.3 Å². The minimum Gasteiger partial charge on any atom is -0.502 e. The first kappa shape index (κ1) is 26.7. The Morgan fingerprint density at radius 1 is 1.21 bits per heavy atom. The quantitative estimate of drug-likeness (QED) is 0.388. The lowest BCUT2D eigenvalue weighted by molar-refractivity contribution is 0.0652. The lowest BCUT2D eigenvalue weighted by Crippen LogP contribution is -2.54. The lowest BCUT2D eigenvalue weighted by Gasteiger charge is -2.39. The third kappa shape index (κ3) is 5.80. The van der Waals surface area contributed by atoms with Gasteiger partial charge >= 0.3 is 0 Å². The monoisotopic (exact) mass is 527 g/mol. The Morgan fingerprint density at radius 3 is 2.74 bits per heavy atom. The van der Waals surface area contributed by atoms with Crippen LogP contribution in [0.15, 0.2) is 53.6 Å². The molecule has 0 aliphatic carbocycles. The van der Waals surface area contributed by atoms with Crippen LogP contribution in [0.4, 0.5) is 8.78 Å². The molecule has 38 heavy (non-hydrogen) atoms. The van der Waals surface area contributed by atoms with Gasteiger partial charge in [0.25, 0.3) is 11.8 Å². The Labute approximate surface area is 217 Å². The molecule has 2 amide bonds. The lowest BCUT2D eigenvalue weighted by atomic mass is 10.1. The summed E-state index contributed by atoms with van der Waals surface area (Å²) in [6.07, 6.45) is 3.33. The van der Waals surface area contributed by atoms with Crippen LogP contribution in [0.5, 0.6) is 5.75 Å². The summed E-state index contributed by atoms with van der Waals surface area (Å²) >= 11 is 0. The van der Waals surface area contributed by atoms with Crippen LogP contribution in [0.25, 0.3) is 0 Å². The Kier molecular flexibility index (Phi) is 8.31. The van der Waals surface area contributed by atoms with Gasteiger partial charge in [-0.3, -0.25) is 29.1 Å². The maximum absolute atomic E-state index is 14.0. The van der Waals surface area contributed by atoms with Gasteiger partial charge in [-0.15, -0.1) is 0 Å². The summed E-state index contributed by atoms with van der Waals surface area (Å²) in [5, 5.41) is 14.9. The highest BCUT2D eigenvalue weighted by molar-refractivity contribution is 5.99. The van der Waals surface area contributed by atoms with Gasteiger partial charge in [-0.1, -0.05) is 12.1 Å². The molecule has 0 unspecified atom stereocenters. The number of nitrogens with one attached hydrogen (secondary N) is 1. The summed E-state index contributed by atoms with van der Waals surface area (Å²) in [7, 11) is 0. The number of fused-ring (bicyclic) bond motifs is 1.